The average Bonchev–Trinajstić information content (AvgIpc) is 3.06. The van der Waals surface area contributed by atoms with Crippen LogP contribution in [0.3, 0.4) is 0 Å². The fourth-order valence-electron chi connectivity index (χ4n) is 3.56. The molecule has 144 valence electrons. The van der Waals surface area contributed by atoms with Crippen LogP contribution >= 0.6 is 0 Å². The van der Waals surface area contributed by atoms with Crippen LogP contribution in [0.1, 0.15) is 30.5 Å². The van der Waals surface area contributed by atoms with Gasteiger partial charge in [-0.15, -0.1) is 0 Å². The average molecular weight is 387 g/mol. The number of rotatable bonds is 6. The number of hydrogen-bond acceptors (Lipinski definition) is 4. The maximum absolute atomic E-state index is 12.9. The van der Waals surface area contributed by atoms with E-state index >= 15 is 0 Å². The molecular formula is C21H26N2O3S. The smallest absolute Gasteiger partial charge is 0.239 e. The van der Waals surface area contributed by atoms with Crippen molar-refractivity contribution in [2.24, 2.45) is 0 Å². The minimum atomic E-state index is -3.02. The SMILES string of the molecule is C[C@H](NC(c1ccccc1)c1ccccc1)C(=O)N(C)[C@@H]1CCS(=O)(=O)C1. The van der Waals surface area contributed by atoms with Crippen LogP contribution in [-0.4, -0.2) is 49.9 Å². The molecule has 0 bridgehead atoms. The maximum atomic E-state index is 12.9. The van der Waals surface area contributed by atoms with Crippen molar-refractivity contribution in [2.75, 3.05) is 18.6 Å². The number of benzene rings is 2. The van der Waals surface area contributed by atoms with Gasteiger partial charge in [0.25, 0.3) is 0 Å². The molecule has 1 N–H and O–H groups in total. The lowest BCUT2D eigenvalue weighted by molar-refractivity contribution is -0.133. The fraction of sp³-hybridized carbons (Fsp3) is 0.381. The summed E-state index contributed by atoms with van der Waals surface area (Å²) in [6.45, 7) is 1.83. The van der Waals surface area contributed by atoms with Gasteiger partial charge in [0.15, 0.2) is 9.84 Å². The lowest BCUT2D eigenvalue weighted by Gasteiger charge is -2.30. The highest BCUT2D eigenvalue weighted by atomic mass is 32.2. The molecule has 0 saturated carbocycles. The summed E-state index contributed by atoms with van der Waals surface area (Å²) in [4.78, 5) is 14.5. The Hall–Kier alpha value is -2.18. The number of carbonyl (C=O) groups is 1. The van der Waals surface area contributed by atoms with E-state index in [2.05, 4.69) is 5.32 Å². The van der Waals surface area contributed by atoms with Gasteiger partial charge in [-0.2, -0.15) is 0 Å². The van der Waals surface area contributed by atoms with Crippen LogP contribution in [0.4, 0.5) is 0 Å². The van der Waals surface area contributed by atoms with Crippen molar-refractivity contribution in [3.63, 3.8) is 0 Å². The molecule has 1 aliphatic heterocycles. The van der Waals surface area contributed by atoms with Crippen molar-refractivity contribution in [2.45, 2.75) is 31.5 Å². The summed E-state index contributed by atoms with van der Waals surface area (Å²) in [6.07, 6.45) is 0.512. The van der Waals surface area contributed by atoms with Gasteiger partial charge in [-0.25, -0.2) is 8.42 Å². The summed E-state index contributed by atoms with van der Waals surface area (Å²) in [6, 6.07) is 19.2. The molecule has 6 heteroatoms. The van der Waals surface area contributed by atoms with Gasteiger partial charge in [-0.05, 0) is 24.5 Å². The predicted octanol–water partition coefficient (Wildman–Crippen LogP) is 2.40. The van der Waals surface area contributed by atoms with E-state index < -0.39 is 15.9 Å². The molecule has 1 fully saturated rings. The Balaban J connectivity index is 1.76. The Bertz CT molecular complexity index is 829. The van der Waals surface area contributed by atoms with E-state index in [-0.39, 0.29) is 29.5 Å². The molecule has 0 radical (unpaired) electrons. The zero-order valence-electron chi connectivity index (χ0n) is 15.7. The molecular weight excluding hydrogens is 360 g/mol. The topological polar surface area (TPSA) is 66.5 Å². The Kier molecular flexibility index (Phi) is 5.97. The van der Waals surface area contributed by atoms with Crippen LogP contribution in [0.2, 0.25) is 0 Å². The summed E-state index contributed by atoms with van der Waals surface area (Å²) in [5.41, 5.74) is 2.16. The number of carbonyl (C=O) groups excluding carboxylic acids is 1. The lowest BCUT2D eigenvalue weighted by Crippen LogP contribution is -2.48. The van der Waals surface area contributed by atoms with Crippen molar-refractivity contribution in [3.05, 3.63) is 71.8 Å². The van der Waals surface area contributed by atoms with E-state index in [1.165, 1.54) is 0 Å². The van der Waals surface area contributed by atoms with Gasteiger partial charge in [0.1, 0.15) is 0 Å². The summed E-state index contributed by atoms with van der Waals surface area (Å²) in [5, 5.41) is 3.43. The van der Waals surface area contributed by atoms with Crippen molar-refractivity contribution >= 4 is 15.7 Å². The second-order valence-corrected chi connectivity index (χ2v) is 9.38. The molecule has 0 aromatic heterocycles. The zero-order chi connectivity index (χ0) is 19.4. The molecule has 27 heavy (non-hydrogen) atoms. The molecule has 1 amide bonds. The zero-order valence-corrected chi connectivity index (χ0v) is 16.5. The molecule has 2 atom stereocenters. The molecule has 3 rings (SSSR count). The first kappa shape index (κ1) is 19.6. The molecule has 0 aliphatic carbocycles. The van der Waals surface area contributed by atoms with Crippen LogP contribution in [-0.2, 0) is 14.6 Å². The highest BCUT2D eigenvalue weighted by Crippen LogP contribution is 2.23. The van der Waals surface area contributed by atoms with E-state index in [0.717, 1.165) is 11.1 Å². The van der Waals surface area contributed by atoms with E-state index in [1.807, 2.05) is 67.6 Å². The quantitative estimate of drug-likeness (QED) is 0.828. The van der Waals surface area contributed by atoms with Crippen LogP contribution < -0.4 is 5.32 Å². The first-order valence-electron chi connectivity index (χ1n) is 9.20. The lowest BCUT2D eigenvalue weighted by atomic mass is 9.97. The summed E-state index contributed by atoms with van der Waals surface area (Å²) in [7, 11) is -1.32. The van der Waals surface area contributed by atoms with Crippen LogP contribution in [0.25, 0.3) is 0 Å². The van der Waals surface area contributed by atoms with E-state index in [1.54, 1.807) is 11.9 Å². The molecule has 2 aromatic rings. The third kappa shape index (κ3) is 4.76. The van der Waals surface area contributed by atoms with Crippen molar-refractivity contribution < 1.29 is 13.2 Å². The van der Waals surface area contributed by atoms with Crippen LogP contribution in [0, 0.1) is 0 Å². The van der Waals surface area contributed by atoms with Gasteiger partial charge in [-0.3, -0.25) is 10.1 Å². The Morgan fingerprint density at radius 3 is 2.00 bits per heavy atom. The highest BCUT2D eigenvalue weighted by Gasteiger charge is 2.34. The van der Waals surface area contributed by atoms with Crippen molar-refractivity contribution in [1.29, 1.82) is 0 Å². The first-order valence-corrected chi connectivity index (χ1v) is 11.0. The van der Waals surface area contributed by atoms with Gasteiger partial charge >= 0.3 is 0 Å². The molecule has 0 spiro atoms. The number of likely N-dealkylation sites (N-methyl/N-ethyl adjacent to an activating group) is 1. The van der Waals surface area contributed by atoms with Gasteiger partial charge in [0, 0.05) is 13.1 Å². The number of hydrogen-bond donors (Lipinski definition) is 1. The molecule has 1 aliphatic rings. The van der Waals surface area contributed by atoms with Crippen LogP contribution in [0.5, 0.6) is 0 Å². The van der Waals surface area contributed by atoms with Crippen LogP contribution in [0.15, 0.2) is 60.7 Å². The molecule has 1 heterocycles. The predicted molar refractivity (Wildman–Crippen MR) is 107 cm³/mol. The molecule has 2 aromatic carbocycles. The third-order valence-electron chi connectivity index (χ3n) is 5.16. The second kappa shape index (κ2) is 8.23. The Labute approximate surface area is 161 Å². The Morgan fingerprint density at radius 1 is 1.04 bits per heavy atom. The third-order valence-corrected chi connectivity index (χ3v) is 6.91. The van der Waals surface area contributed by atoms with Gasteiger partial charge < -0.3 is 4.90 Å². The summed E-state index contributed by atoms with van der Waals surface area (Å²) < 4.78 is 23.5. The highest BCUT2D eigenvalue weighted by molar-refractivity contribution is 7.91. The van der Waals surface area contributed by atoms with Crippen molar-refractivity contribution in [3.8, 4) is 0 Å². The standard InChI is InChI=1S/C21H26N2O3S/c1-16(21(24)23(2)19-13-14-27(25,26)15-19)22-20(17-9-5-3-6-10-17)18-11-7-4-8-12-18/h3-12,16,19-20,22H,13-15H2,1-2H3/t16-,19+/m0/s1. The first-order chi connectivity index (χ1) is 12.9. The maximum Gasteiger partial charge on any atom is 0.239 e. The van der Waals surface area contributed by atoms with E-state index in [9.17, 15) is 13.2 Å². The number of amides is 1. The second-order valence-electron chi connectivity index (χ2n) is 7.15. The van der Waals surface area contributed by atoms with E-state index in [4.69, 9.17) is 0 Å². The summed E-state index contributed by atoms with van der Waals surface area (Å²) in [5.74, 6) is 0.130. The van der Waals surface area contributed by atoms with Gasteiger partial charge in [0.05, 0.1) is 23.6 Å². The minimum absolute atomic E-state index is 0.0583. The van der Waals surface area contributed by atoms with Gasteiger partial charge in [0.2, 0.25) is 5.91 Å². The van der Waals surface area contributed by atoms with Crippen molar-refractivity contribution in [1.82, 2.24) is 10.2 Å². The molecule has 0 unspecified atom stereocenters. The molecule has 1 saturated heterocycles. The summed E-state index contributed by atoms with van der Waals surface area (Å²) >= 11 is 0. The fourth-order valence-corrected chi connectivity index (χ4v) is 5.34. The number of sulfone groups is 1. The normalized spacial score (nSPS) is 19.7. The minimum Gasteiger partial charge on any atom is -0.340 e. The molecule has 5 nitrogen and oxygen atoms in total. The monoisotopic (exact) mass is 386 g/mol. The largest absolute Gasteiger partial charge is 0.340 e. The number of nitrogens with zero attached hydrogens (tertiary/aromatic N) is 1. The Morgan fingerprint density at radius 2 is 1.56 bits per heavy atom. The van der Waals surface area contributed by atoms with Gasteiger partial charge in [-0.1, -0.05) is 60.7 Å². The number of nitrogens with one attached hydrogen (secondary N) is 1. The van der Waals surface area contributed by atoms with E-state index in [0.29, 0.717) is 6.42 Å².